The van der Waals surface area contributed by atoms with Crippen LogP contribution in [0.15, 0.2) is 53.4 Å². The van der Waals surface area contributed by atoms with Crippen LogP contribution >= 0.6 is 35.4 Å². The van der Waals surface area contributed by atoms with Gasteiger partial charge in [0.1, 0.15) is 4.90 Å². The van der Waals surface area contributed by atoms with E-state index in [9.17, 15) is 8.42 Å². The number of sulfonamides is 1. The summed E-state index contributed by atoms with van der Waals surface area (Å²) in [5.74, 6) is 0.526. The van der Waals surface area contributed by atoms with Crippen molar-refractivity contribution in [3.8, 4) is 0 Å². The maximum atomic E-state index is 12.4. The van der Waals surface area contributed by atoms with Crippen molar-refractivity contribution in [3.05, 3.63) is 58.6 Å². The lowest BCUT2D eigenvalue weighted by molar-refractivity contribution is 0.438. The highest BCUT2D eigenvalue weighted by molar-refractivity contribution is 7.89. The molecule has 0 saturated heterocycles. The first-order valence-corrected chi connectivity index (χ1v) is 13.6. The second-order valence-corrected chi connectivity index (χ2v) is 11.2. The molecule has 6 nitrogen and oxygen atoms in total. The van der Waals surface area contributed by atoms with E-state index in [4.69, 9.17) is 35.4 Å². The number of rotatable bonds is 13. The van der Waals surface area contributed by atoms with Crippen molar-refractivity contribution in [3.63, 3.8) is 0 Å². The Kier molecular flexibility index (Phi) is 11.9. The Hall–Kier alpha value is -1.42. The van der Waals surface area contributed by atoms with Crippen molar-refractivity contribution < 1.29 is 8.42 Å². The lowest BCUT2D eigenvalue weighted by Gasteiger charge is -2.23. The Morgan fingerprint density at radius 2 is 1.73 bits per heavy atom. The van der Waals surface area contributed by atoms with Crippen molar-refractivity contribution >= 4 is 56.2 Å². The van der Waals surface area contributed by atoms with Crippen LogP contribution in [0.4, 0.5) is 5.69 Å². The quantitative estimate of drug-likeness (QED) is 0.214. The molecule has 0 fully saturated rings. The van der Waals surface area contributed by atoms with Gasteiger partial charge in [-0.2, -0.15) is 0 Å². The average molecular weight is 532 g/mol. The van der Waals surface area contributed by atoms with Crippen LogP contribution in [-0.4, -0.2) is 39.2 Å². The molecule has 0 unspecified atom stereocenters. The standard InChI is InChI=1S/C23H32Cl2N4O2S2/c1-17(2)14-20(29-23(32)28-19-8-4-3-5-9-19)16-26-12-6-7-13-27-33(30,31)22-11-10-18(24)15-21(22)25/h3-5,8-11,15,17,20,26-27H,6-7,12-14,16H2,1-2H3,(H2,28,29,32)/t20-/m0/s1. The fourth-order valence-electron chi connectivity index (χ4n) is 3.27. The number of benzene rings is 2. The van der Waals surface area contributed by atoms with Crippen LogP contribution in [0.25, 0.3) is 0 Å². The lowest BCUT2D eigenvalue weighted by atomic mass is 10.0. The Labute approximate surface area is 212 Å². The zero-order chi connectivity index (χ0) is 24.3. The molecule has 0 radical (unpaired) electrons. The normalized spacial score (nSPS) is 12.5. The van der Waals surface area contributed by atoms with Crippen LogP contribution in [0.2, 0.25) is 10.0 Å². The van der Waals surface area contributed by atoms with Crippen LogP contribution in [0.1, 0.15) is 33.1 Å². The summed E-state index contributed by atoms with van der Waals surface area (Å²) < 4.78 is 27.4. The van der Waals surface area contributed by atoms with Crippen LogP contribution in [0.5, 0.6) is 0 Å². The third-order valence-corrected chi connectivity index (χ3v) is 7.17. The predicted octanol–water partition coefficient (Wildman–Crippen LogP) is 5.04. The Balaban J connectivity index is 1.69. The predicted molar refractivity (Wildman–Crippen MR) is 143 cm³/mol. The highest BCUT2D eigenvalue weighted by Gasteiger charge is 2.17. The first-order chi connectivity index (χ1) is 15.7. The third-order valence-electron chi connectivity index (χ3n) is 4.77. The number of hydrogen-bond acceptors (Lipinski definition) is 4. The molecular weight excluding hydrogens is 499 g/mol. The minimum atomic E-state index is -3.66. The van der Waals surface area contributed by atoms with Gasteiger partial charge in [0.25, 0.3) is 0 Å². The van der Waals surface area contributed by atoms with E-state index in [-0.39, 0.29) is 16.0 Å². The molecule has 2 aromatic rings. The fraction of sp³-hybridized carbons (Fsp3) is 0.435. The van der Waals surface area contributed by atoms with E-state index in [0.29, 0.717) is 29.0 Å². The average Bonchev–Trinajstić information content (AvgIpc) is 2.72. The number of para-hydroxylation sites is 1. The number of anilines is 1. The minimum Gasteiger partial charge on any atom is -0.358 e. The van der Waals surface area contributed by atoms with E-state index in [2.05, 4.69) is 34.5 Å². The molecule has 2 aromatic carbocycles. The molecule has 0 aliphatic heterocycles. The van der Waals surface area contributed by atoms with Crippen molar-refractivity contribution in [2.45, 2.75) is 44.0 Å². The molecule has 4 N–H and O–H groups in total. The van der Waals surface area contributed by atoms with Crippen molar-refractivity contribution in [1.82, 2.24) is 15.4 Å². The molecule has 0 bridgehead atoms. The maximum absolute atomic E-state index is 12.4. The topological polar surface area (TPSA) is 82.3 Å². The summed E-state index contributed by atoms with van der Waals surface area (Å²) in [4.78, 5) is 0.0365. The van der Waals surface area contributed by atoms with E-state index in [1.54, 1.807) is 0 Å². The number of thiocarbonyl (C=S) groups is 1. The maximum Gasteiger partial charge on any atom is 0.242 e. The van der Waals surface area contributed by atoms with Gasteiger partial charge in [-0.15, -0.1) is 0 Å². The summed E-state index contributed by atoms with van der Waals surface area (Å²) in [7, 11) is -3.66. The zero-order valence-corrected chi connectivity index (χ0v) is 22.0. The van der Waals surface area contributed by atoms with Crippen molar-refractivity contribution in [2.24, 2.45) is 5.92 Å². The molecule has 1 atom stereocenters. The van der Waals surface area contributed by atoms with Gasteiger partial charge in [-0.3, -0.25) is 0 Å². The van der Waals surface area contributed by atoms with E-state index in [1.165, 1.54) is 18.2 Å². The van der Waals surface area contributed by atoms with Crippen LogP contribution in [0.3, 0.4) is 0 Å². The van der Waals surface area contributed by atoms with Gasteiger partial charge in [0.05, 0.1) is 5.02 Å². The second-order valence-electron chi connectivity index (χ2n) is 8.17. The molecule has 182 valence electrons. The molecule has 0 saturated carbocycles. The van der Waals surface area contributed by atoms with Crippen LogP contribution in [-0.2, 0) is 10.0 Å². The summed E-state index contributed by atoms with van der Waals surface area (Å²) in [6.45, 7) is 6.24. The Morgan fingerprint density at radius 1 is 1.03 bits per heavy atom. The van der Waals surface area contributed by atoms with Crippen molar-refractivity contribution in [2.75, 3.05) is 25.0 Å². The van der Waals surface area contributed by atoms with Gasteiger partial charge in [0, 0.05) is 29.8 Å². The van der Waals surface area contributed by atoms with Gasteiger partial charge in [-0.25, -0.2) is 13.1 Å². The van der Waals surface area contributed by atoms with Crippen LogP contribution < -0.4 is 20.7 Å². The van der Waals surface area contributed by atoms with E-state index in [0.717, 1.165) is 31.6 Å². The van der Waals surface area contributed by atoms with E-state index in [1.807, 2.05) is 30.3 Å². The molecule has 10 heteroatoms. The number of nitrogens with one attached hydrogen (secondary N) is 4. The van der Waals surface area contributed by atoms with Gasteiger partial charge in [-0.05, 0) is 74.3 Å². The van der Waals surface area contributed by atoms with E-state index < -0.39 is 10.0 Å². The summed E-state index contributed by atoms with van der Waals surface area (Å²) >= 11 is 17.3. The van der Waals surface area contributed by atoms with Crippen molar-refractivity contribution in [1.29, 1.82) is 0 Å². The zero-order valence-electron chi connectivity index (χ0n) is 18.9. The van der Waals surface area contributed by atoms with Gasteiger partial charge in [0.2, 0.25) is 10.0 Å². The van der Waals surface area contributed by atoms with Gasteiger partial charge in [-0.1, -0.05) is 55.2 Å². The van der Waals surface area contributed by atoms with Crippen LogP contribution in [0, 0.1) is 5.92 Å². The highest BCUT2D eigenvalue weighted by atomic mass is 35.5. The SMILES string of the molecule is CC(C)C[C@@H](CNCCCCNS(=O)(=O)c1ccc(Cl)cc1Cl)NC(=S)Nc1ccccc1. The molecule has 0 aliphatic carbocycles. The summed E-state index contributed by atoms with van der Waals surface area (Å²) in [5.41, 5.74) is 0.952. The molecule has 0 aromatic heterocycles. The first-order valence-electron chi connectivity index (χ1n) is 11.0. The smallest absolute Gasteiger partial charge is 0.242 e. The Bertz CT molecular complexity index is 989. The van der Waals surface area contributed by atoms with Gasteiger partial charge < -0.3 is 16.0 Å². The van der Waals surface area contributed by atoms with Gasteiger partial charge >= 0.3 is 0 Å². The molecule has 0 amide bonds. The minimum absolute atomic E-state index is 0.0365. The lowest BCUT2D eigenvalue weighted by Crippen LogP contribution is -2.44. The molecule has 2 rings (SSSR count). The summed E-state index contributed by atoms with van der Waals surface area (Å²) in [6.07, 6.45) is 2.51. The third kappa shape index (κ3) is 10.6. The van der Waals surface area contributed by atoms with Gasteiger partial charge in [0.15, 0.2) is 5.11 Å². The number of halogens is 2. The summed E-state index contributed by atoms with van der Waals surface area (Å²) in [5, 5.41) is 11.1. The molecule has 0 aliphatic rings. The fourth-order valence-corrected chi connectivity index (χ4v) is 5.39. The number of hydrogen-bond donors (Lipinski definition) is 4. The largest absolute Gasteiger partial charge is 0.358 e. The molecule has 33 heavy (non-hydrogen) atoms. The molecule has 0 heterocycles. The number of unbranched alkanes of at least 4 members (excludes halogenated alkanes) is 1. The second kappa shape index (κ2) is 14.1. The molecular formula is C23H32Cl2N4O2S2. The monoisotopic (exact) mass is 530 g/mol. The Morgan fingerprint density at radius 3 is 2.39 bits per heavy atom. The summed E-state index contributed by atoms with van der Waals surface area (Å²) in [6, 6.07) is 14.4. The highest BCUT2D eigenvalue weighted by Crippen LogP contribution is 2.24. The first kappa shape index (κ1) is 27.8. The van der Waals surface area contributed by atoms with E-state index >= 15 is 0 Å². The molecule has 0 spiro atoms.